The van der Waals surface area contributed by atoms with Gasteiger partial charge in [0.05, 0.1) is 25.1 Å². The SMILES string of the molecule is CC[C@H](NC(=O)[C@@H]1CCN(S(C)(=O)=O)c2cc(Cl)ccc2O1)c1ccc(OC)c(C)c1. The number of halogens is 1. The average molecular weight is 467 g/mol. The molecule has 0 aliphatic carbocycles. The van der Waals surface area contributed by atoms with E-state index in [0.29, 0.717) is 22.9 Å². The summed E-state index contributed by atoms with van der Waals surface area (Å²) in [4.78, 5) is 13.1. The number of methoxy groups -OCH3 is 1. The third-order valence-electron chi connectivity index (χ3n) is 5.29. The Bertz CT molecular complexity index is 1070. The van der Waals surface area contributed by atoms with E-state index in [0.717, 1.165) is 23.1 Å². The van der Waals surface area contributed by atoms with E-state index in [9.17, 15) is 13.2 Å². The smallest absolute Gasteiger partial charge is 0.261 e. The van der Waals surface area contributed by atoms with E-state index in [1.165, 1.54) is 10.4 Å². The lowest BCUT2D eigenvalue weighted by Crippen LogP contribution is -2.41. The normalized spacial score (nSPS) is 17.2. The lowest BCUT2D eigenvalue weighted by molar-refractivity contribution is -0.128. The maximum Gasteiger partial charge on any atom is 0.261 e. The Morgan fingerprint density at radius 3 is 2.68 bits per heavy atom. The molecule has 168 valence electrons. The Morgan fingerprint density at radius 2 is 2.06 bits per heavy atom. The molecular weight excluding hydrogens is 440 g/mol. The lowest BCUT2D eigenvalue weighted by atomic mass is 10.0. The monoisotopic (exact) mass is 466 g/mol. The summed E-state index contributed by atoms with van der Waals surface area (Å²) in [7, 11) is -1.94. The zero-order valence-corrected chi connectivity index (χ0v) is 19.6. The summed E-state index contributed by atoms with van der Waals surface area (Å²) in [6.45, 7) is 4.05. The van der Waals surface area contributed by atoms with Crippen LogP contribution in [0.3, 0.4) is 0 Å². The number of ether oxygens (including phenoxy) is 2. The number of fused-ring (bicyclic) bond motifs is 1. The first-order chi connectivity index (χ1) is 14.6. The minimum Gasteiger partial charge on any atom is -0.496 e. The fourth-order valence-electron chi connectivity index (χ4n) is 3.69. The molecule has 0 saturated heterocycles. The molecule has 0 radical (unpaired) electrons. The van der Waals surface area contributed by atoms with Gasteiger partial charge in [-0.15, -0.1) is 0 Å². The van der Waals surface area contributed by atoms with Gasteiger partial charge in [0.2, 0.25) is 10.0 Å². The fraction of sp³-hybridized carbons (Fsp3) is 0.409. The molecule has 0 unspecified atom stereocenters. The topological polar surface area (TPSA) is 84.9 Å². The Hall–Kier alpha value is -2.45. The zero-order chi connectivity index (χ0) is 22.8. The average Bonchev–Trinajstić information content (AvgIpc) is 2.91. The van der Waals surface area contributed by atoms with Crippen LogP contribution in [0.2, 0.25) is 5.02 Å². The molecule has 0 bridgehead atoms. The summed E-state index contributed by atoms with van der Waals surface area (Å²) < 4.78 is 37.1. The Morgan fingerprint density at radius 1 is 1.32 bits per heavy atom. The standard InChI is InChI=1S/C22H27ClN2O5S/c1-5-17(15-6-8-19(29-3)14(2)12-15)24-22(26)21-10-11-25(31(4,27)28)18-13-16(23)7-9-20(18)30-21/h6-9,12-13,17,21H,5,10-11H2,1-4H3,(H,24,26)/t17-,21-/m0/s1. The van der Waals surface area contributed by atoms with Gasteiger partial charge in [-0.1, -0.05) is 30.7 Å². The highest BCUT2D eigenvalue weighted by Gasteiger charge is 2.32. The van der Waals surface area contributed by atoms with Crippen molar-refractivity contribution in [3.8, 4) is 11.5 Å². The van der Waals surface area contributed by atoms with Crippen LogP contribution in [0.1, 0.15) is 36.9 Å². The second-order valence-electron chi connectivity index (χ2n) is 7.54. The Labute approximate surface area is 188 Å². The third-order valence-corrected chi connectivity index (χ3v) is 6.71. The van der Waals surface area contributed by atoms with E-state index < -0.39 is 16.1 Å². The van der Waals surface area contributed by atoms with Crippen molar-refractivity contribution in [2.45, 2.75) is 38.8 Å². The number of hydrogen-bond donors (Lipinski definition) is 1. The Balaban J connectivity index is 1.83. The highest BCUT2D eigenvalue weighted by atomic mass is 35.5. The molecule has 2 atom stereocenters. The Kier molecular flexibility index (Phi) is 7.01. The number of aryl methyl sites for hydroxylation is 1. The van der Waals surface area contributed by atoms with Crippen LogP contribution in [0.25, 0.3) is 0 Å². The van der Waals surface area contributed by atoms with E-state index in [4.69, 9.17) is 21.1 Å². The van der Waals surface area contributed by atoms with Crippen molar-refractivity contribution < 1.29 is 22.7 Å². The van der Waals surface area contributed by atoms with E-state index in [2.05, 4.69) is 5.32 Å². The largest absolute Gasteiger partial charge is 0.496 e. The van der Waals surface area contributed by atoms with Gasteiger partial charge in [0.25, 0.3) is 5.91 Å². The van der Waals surface area contributed by atoms with Crippen LogP contribution in [0.5, 0.6) is 11.5 Å². The number of carbonyl (C=O) groups is 1. The first-order valence-corrected chi connectivity index (χ1v) is 12.3. The molecule has 1 aliphatic rings. The van der Waals surface area contributed by atoms with Crippen LogP contribution in [-0.2, 0) is 14.8 Å². The van der Waals surface area contributed by atoms with Crippen LogP contribution in [0, 0.1) is 6.92 Å². The molecule has 0 saturated carbocycles. The van der Waals surface area contributed by atoms with Crippen molar-refractivity contribution in [1.29, 1.82) is 0 Å². The van der Waals surface area contributed by atoms with E-state index >= 15 is 0 Å². The molecule has 9 heteroatoms. The molecule has 1 heterocycles. The molecule has 2 aromatic carbocycles. The highest BCUT2D eigenvalue weighted by molar-refractivity contribution is 7.92. The van der Waals surface area contributed by atoms with Gasteiger partial charge in [0.15, 0.2) is 6.10 Å². The summed E-state index contributed by atoms with van der Waals surface area (Å²) in [5.41, 5.74) is 2.28. The number of anilines is 1. The molecule has 1 aliphatic heterocycles. The van der Waals surface area contributed by atoms with Crippen molar-refractivity contribution in [2.24, 2.45) is 0 Å². The van der Waals surface area contributed by atoms with Crippen LogP contribution in [0.4, 0.5) is 5.69 Å². The molecule has 3 rings (SSSR count). The summed E-state index contributed by atoms with van der Waals surface area (Å²) in [5, 5.41) is 3.43. The molecule has 0 spiro atoms. The van der Waals surface area contributed by atoms with Gasteiger partial charge in [-0.05, 0) is 48.7 Å². The van der Waals surface area contributed by atoms with Crippen molar-refractivity contribution >= 4 is 33.2 Å². The summed E-state index contributed by atoms with van der Waals surface area (Å²) in [6, 6.07) is 10.3. The van der Waals surface area contributed by atoms with Crippen LogP contribution in [0.15, 0.2) is 36.4 Å². The van der Waals surface area contributed by atoms with E-state index in [1.54, 1.807) is 19.2 Å². The van der Waals surface area contributed by atoms with E-state index in [1.807, 2.05) is 32.0 Å². The number of benzene rings is 2. The van der Waals surface area contributed by atoms with Crippen LogP contribution < -0.4 is 19.1 Å². The van der Waals surface area contributed by atoms with Gasteiger partial charge in [0, 0.05) is 18.0 Å². The van der Waals surface area contributed by atoms with Crippen LogP contribution in [-0.4, -0.2) is 40.3 Å². The first kappa shape index (κ1) is 23.2. The van der Waals surface area contributed by atoms with Gasteiger partial charge in [-0.2, -0.15) is 0 Å². The number of carbonyl (C=O) groups excluding carboxylic acids is 1. The second-order valence-corrected chi connectivity index (χ2v) is 9.88. The highest BCUT2D eigenvalue weighted by Crippen LogP contribution is 2.36. The summed E-state index contributed by atoms with van der Waals surface area (Å²) in [5.74, 6) is 0.797. The molecule has 1 amide bonds. The minimum atomic E-state index is -3.56. The zero-order valence-electron chi connectivity index (χ0n) is 18.0. The third kappa shape index (κ3) is 5.25. The maximum atomic E-state index is 13.1. The molecule has 0 aromatic heterocycles. The minimum absolute atomic E-state index is 0.114. The number of nitrogens with one attached hydrogen (secondary N) is 1. The molecule has 2 aromatic rings. The van der Waals surface area contributed by atoms with Gasteiger partial charge < -0.3 is 14.8 Å². The van der Waals surface area contributed by atoms with Gasteiger partial charge in [-0.25, -0.2) is 8.42 Å². The van der Waals surface area contributed by atoms with Crippen molar-refractivity contribution in [1.82, 2.24) is 5.32 Å². The fourth-order valence-corrected chi connectivity index (χ4v) is 4.79. The number of nitrogens with zero attached hydrogens (tertiary/aromatic N) is 1. The first-order valence-electron chi connectivity index (χ1n) is 10.0. The number of hydrogen-bond acceptors (Lipinski definition) is 5. The molecule has 0 fully saturated rings. The second kappa shape index (κ2) is 9.36. The molecule has 7 nitrogen and oxygen atoms in total. The summed E-state index contributed by atoms with van der Waals surface area (Å²) >= 11 is 6.07. The number of rotatable bonds is 6. The van der Waals surface area contributed by atoms with Gasteiger partial charge in [0.1, 0.15) is 11.5 Å². The van der Waals surface area contributed by atoms with Crippen molar-refractivity contribution in [3.05, 3.63) is 52.5 Å². The maximum absolute atomic E-state index is 13.1. The van der Waals surface area contributed by atoms with Crippen LogP contribution >= 0.6 is 11.6 Å². The predicted octanol–water partition coefficient (Wildman–Crippen LogP) is 3.84. The van der Waals surface area contributed by atoms with Gasteiger partial charge in [-0.3, -0.25) is 9.10 Å². The van der Waals surface area contributed by atoms with Crippen molar-refractivity contribution in [2.75, 3.05) is 24.2 Å². The summed E-state index contributed by atoms with van der Waals surface area (Å²) in [6.07, 6.45) is 1.19. The molecule has 1 N–H and O–H groups in total. The number of amides is 1. The molecular formula is C22H27ClN2O5S. The predicted molar refractivity (Wildman–Crippen MR) is 122 cm³/mol. The quantitative estimate of drug-likeness (QED) is 0.699. The van der Waals surface area contributed by atoms with Crippen molar-refractivity contribution in [3.63, 3.8) is 0 Å². The number of sulfonamides is 1. The van der Waals surface area contributed by atoms with E-state index in [-0.39, 0.29) is 24.9 Å². The lowest BCUT2D eigenvalue weighted by Gasteiger charge is -2.22. The molecule has 31 heavy (non-hydrogen) atoms. The van der Waals surface area contributed by atoms with Gasteiger partial charge >= 0.3 is 0 Å².